The third-order valence-electron chi connectivity index (χ3n) is 7.16. The van der Waals surface area contributed by atoms with E-state index >= 15 is 0 Å². The molecular formula is C30H31FN2O3. The van der Waals surface area contributed by atoms with E-state index in [0.29, 0.717) is 12.0 Å². The second kappa shape index (κ2) is 10.5. The Bertz CT molecular complexity index is 1280. The van der Waals surface area contributed by atoms with Crippen molar-refractivity contribution in [2.24, 2.45) is 10.1 Å². The maximum atomic E-state index is 13.1. The Morgan fingerprint density at radius 3 is 2.36 bits per heavy atom. The van der Waals surface area contributed by atoms with E-state index in [1.165, 1.54) is 30.5 Å². The van der Waals surface area contributed by atoms with Crippen molar-refractivity contribution in [3.63, 3.8) is 0 Å². The van der Waals surface area contributed by atoms with Gasteiger partial charge in [0, 0.05) is 17.0 Å². The number of aliphatic imine (C=N–C) groups is 1. The molecule has 3 aromatic rings. The zero-order valence-electron chi connectivity index (χ0n) is 21.0. The molecule has 2 aliphatic rings. The predicted octanol–water partition coefficient (Wildman–Crippen LogP) is 6.66. The van der Waals surface area contributed by atoms with Gasteiger partial charge in [-0.1, -0.05) is 54.4 Å². The SMILES string of the molecule is COc1cc2c(cc1OC)[C@H]1CCCC[C@H]1N=C2c1ccc(C(C)=NOCc2ccc(F)cc2)cc1. The molecule has 0 bridgehead atoms. The van der Waals surface area contributed by atoms with Crippen molar-refractivity contribution in [3.05, 3.63) is 94.3 Å². The first-order chi connectivity index (χ1) is 17.6. The summed E-state index contributed by atoms with van der Waals surface area (Å²) < 4.78 is 24.3. The minimum absolute atomic E-state index is 0.264. The second-order valence-electron chi connectivity index (χ2n) is 9.38. The number of hydrogen-bond donors (Lipinski definition) is 0. The van der Waals surface area contributed by atoms with E-state index in [1.54, 1.807) is 26.4 Å². The number of fused-ring (bicyclic) bond motifs is 3. The number of benzene rings is 3. The van der Waals surface area contributed by atoms with Crippen LogP contribution in [0.3, 0.4) is 0 Å². The van der Waals surface area contributed by atoms with E-state index in [9.17, 15) is 4.39 Å². The Balaban J connectivity index is 1.40. The molecule has 3 aromatic carbocycles. The van der Waals surface area contributed by atoms with Gasteiger partial charge in [0.15, 0.2) is 11.5 Å². The fourth-order valence-electron chi connectivity index (χ4n) is 5.21. The van der Waals surface area contributed by atoms with Crippen LogP contribution in [0.1, 0.15) is 66.3 Å². The molecule has 186 valence electrons. The van der Waals surface area contributed by atoms with Crippen LogP contribution < -0.4 is 9.47 Å². The van der Waals surface area contributed by atoms with Crippen LogP contribution in [0.15, 0.2) is 70.8 Å². The number of methoxy groups -OCH3 is 2. The lowest BCUT2D eigenvalue weighted by Crippen LogP contribution is -2.29. The number of oxime groups is 1. The molecule has 1 heterocycles. The molecule has 0 unspecified atom stereocenters. The molecule has 0 spiro atoms. The van der Waals surface area contributed by atoms with Gasteiger partial charge in [0.05, 0.1) is 31.7 Å². The quantitative estimate of drug-likeness (QED) is 0.277. The smallest absolute Gasteiger partial charge is 0.161 e. The zero-order valence-corrected chi connectivity index (χ0v) is 21.0. The largest absolute Gasteiger partial charge is 0.493 e. The molecule has 0 saturated heterocycles. The summed E-state index contributed by atoms with van der Waals surface area (Å²) in [5, 5.41) is 4.25. The lowest BCUT2D eigenvalue weighted by Gasteiger charge is -2.35. The third kappa shape index (κ3) is 4.85. The number of ether oxygens (including phenoxy) is 2. The molecule has 1 fully saturated rings. The molecule has 6 heteroatoms. The molecule has 0 radical (unpaired) electrons. The van der Waals surface area contributed by atoms with E-state index < -0.39 is 0 Å². The van der Waals surface area contributed by atoms with E-state index in [0.717, 1.165) is 58.0 Å². The van der Waals surface area contributed by atoms with Crippen LogP contribution in [0.2, 0.25) is 0 Å². The van der Waals surface area contributed by atoms with Crippen molar-refractivity contribution in [1.29, 1.82) is 0 Å². The van der Waals surface area contributed by atoms with Crippen molar-refractivity contribution in [2.75, 3.05) is 14.2 Å². The van der Waals surface area contributed by atoms with Gasteiger partial charge in [0.2, 0.25) is 0 Å². The third-order valence-corrected chi connectivity index (χ3v) is 7.16. The Morgan fingerprint density at radius 1 is 0.944 bits per heavy atom. The second-order valence-corrected chi connectivity index (χ2v) is 9.38. The fourth-order valence-corrected chi connectivity index (χ4v) is 5.21. The summed E-state index contributed by atoms with van der Waals surface area (Å²) in [6.45, 7) is 2.20. The van der Waals surface area contributed by atoms with Gasteiger partial charge >= 0.3 is 0 Å². The molecule has 1 aliphatic carbocycles. The molecule has 0 aromatic heterocycles. The highest BCUT2D eigenvalue weighted by Crippen LogP contribution is 2.44. The molecule has 1 aliphatic heterocycles. The summed E-state index contributed by atoms with van der Waals surface area (Å²) in [6, 6.07) is 19.0. The highest BCUT2D eigenvalue weighted by Gasteiger charge is 2.34. The van der Waals surface area contributed by atoms with Crippen LogP contribution >= 0.6 is 0 Å². The average molecular weight is 487 g/mol. The topological polar surface area (TPSA) is 52.4 Å². The standard InChI is InChI=1S/C30H31FN2O3/c1-19(33-36-18-20-8-14-23(31)15-9-20)21-10-12-22(13-11-21)30-26-17-29(35-3)28(34-2)16-25(26)24-6-4-5-7-27(24)32-30/h8-17,24,27H,4-7,18H2,1-3H3/t24-,27-/m1/s1. The predicted molar refractivity (Wildman–Crippen MR) is 140 cm³/mol. The lowest BCUT2D eigenvalue weighted by atomic mass is 9.75. The molecule has 36 heavy (non-hydrogen) atoms. The van der Waals surface area contributed by atoms with E-state index in [2.05, 4.69) is 29.4 Å². The molecular weight excluding hydrogens is 455 g/mol. The Morgan fingerprint density at radius 2 is 1.64 bits per heavy atom. The average Bonchev–Trinajstić information content (AvgIpc) is 2.93. The maximum absolute atomic E-state index is 13.1. The summed E-state index contributed by atoms with van der Waals surface area (Å²) in [6.07, 6.45) is 4.71. The number of rotatable bonds is 7. The molecule has 0 amide bonds. The van der Waals surface area contributed by atoms with Crippen molar-refractivity contribution in [2.45, 2.75) is 51.2 Å². The van der Waals surface area contributed by atoms with Crippen molar-refractivity contribution in [1.82, 2.24) is 0 Å². The molecule has 5 nitrogen and oxygen atoms in total. The van der Waals surface area contributed by atoms with Crippen LogP contribution in [0.4, 0.5) is 4.39 Å². The molecule has 1 saturated carbocycles. The van der Waals surface area contributed by atoms with Crippen molar-refractivity contribution >= 4 is 11.4 Å². The first-order valence-corrected chi connectivity index (χ1v) is 12.4. The van der Waals surface area contributed by atoms with Crippen LogP contribution in [0.25, 0.3) is 0 Å². The van der Waals surface area contributed by atoms with Gasteiger partial charge in [-0.2, -0.15) is 0 Å². The Labute approximate surface area is 211 Å². The first kappa shape index (κ1) is 24.0. The van der Waals surface area contributed by atoms with Gasteiger partial charge in [0.1, 0.15) is 12.4 Å². The maximum Gasteiger partial charge on any atom is 0.161 e. The van der Waals surface area contributed by atoms with E-state index in [-0.39, 0.29) is 12.4 Å². The van der Waals surface area contributed by atoms with Gasteiger partial charge in [-0.25, -0.2) is 4.39 Å². The summed E-state index contributed by atoms with van der Waals surface area (Å²) >= 11 is 0. The minimum Gasteiger partial charge on any atom is -0.493 e. The van der Waals surface area contributed by atoms with Crippen LogP contribution in [0.5, 0.6) is 11.5 Å². The molecule has 0 N–H and O–H groups in total. The fraction of sp³-hybridized carbons (Fsp3) is 0.333. The van der Waals surface area contributed by atoms with Crippen molar-refractivity contribution in [3.8, 4) is 11.5 Å². The van der Waals surface area contributed by atoms with E-state index in [1.807, 2.05) is 19.1 Å². The number of nitrogens with zero attached hydrogens (tertiary/aromatic N) is 2. The highest BCUT2D eigenvalue weighted by atomic mass is 19.1. The normalized spacial score (nSPS) is 19.1. The summed E-state index contributed by atoms with van der Waals surface area (Å²) in [5.41, 5.74) is 7.10. The molecule has 5 rings (SSSR count). The number of hydrogen-bond acceptors (Lipinski definition) is 5. The Hall–Kier alpha value is -3.67. The molecule has 2 atom stereocenters. The minimum atomic E-state index is -0.264. The lowest BCUT2D eigenvalue weighted by molar-refractivity contribution is 0.130. The zero-order chi connectivity index (χ0) is 25.1. The van der Waals surface area contributed by atoms with E-state index in [4.69, 9.17) is 19.3 Å². The highest BCUT2D eigenvalue weighted by molar-refractivity contribution is 6.15. The summed E-state index contributed by atoms with van der Waals surface area (Å²) in [5.74, 6) is 1.64. The van der Waals surface area contributed by atoms with Crippen molar-refractivity contribution < 1.29 is 18.7 Å². The van der Waals surface area contributed by atoms with Gasteiger partial charge in [-0.3, -0.25) is 4.99 Å². The van der Waals surface area contributed by atoms with Gasteiger partial charge in [0.25, 0.3) is 0 Å². The van der Waals surface area contributed by atoms with Gasteiger partial charge in [-0.05, 0) is 60.7 Å². The Kier molecular flexibility index (Phi) is 7.03. The number of halogens is 1. The van der Waals surface area contributed by atoms with Gasteiger partial charge < -0.3 is 14.3 Å². The summed E-state index contributed by atoms with van der Waals surface area (Å²) in [7, 11) is 3.36. The first-order valence-electron chi connectivity index (χ1n) is 12.4. The van der Waals surface area contributed by atoms with Crippen LogP contribution in [-0.4, -0.2) is 31.7 Å². The monoisotopic (exact) mass is 486 g/mol. The van der Waals surface area contributed by atoms with Crippen LogP contribution in [-0.2, 0) is 11.4 Å². The summed E-state index contributed by atoms with van der Waals surface area (Å²) in [4.78, 5) is 10.7. The van der Waals surface area contributed by atoms with Crippen LogP contribution in [0, 0.1) is 5.82 Å². The van der Waals surface area contributed by atoms with Gasteiger partial charge in [-0.15, -0.1) is 0 Å².